The normalized spacial score (nSPS) is 16.4. The van der Waals surface area contributed by atoms with Gasteiger partial charge < -0.3 is 19.8 Å². The molecule has 29 heavy (non-hydrogen) atoms. The van der Waals surface area contributed by atoms with Crippen LogP contribution in [-0.4, -0.2) is 29.9 Å². The van der Waals surface area contributed by atoms with Crippen LogP contribution in [0.25, 0.3) is 11.3 Å². The molecule has 1 aliphatic rings. The molecule has 0 saturated carbocycles. The van der Waals surface area contributed by atoms with Crippen molar-refractivity contribution < 1.29 is 14.0 Å². The zero-order valence-electron chi connectivity index (χ0n) is 15.9. The molecule has 4 rings (SSSR count). The Bertz CT molecular complexity index is 961. The van der Waals surface area contributed by atoms with E-state index in [2.05, 4.69) is 15.4 Å². The highest BCUT2D eigenvalue weighted by Crippen LogP contribution is 2.34. The van der Waals surface area contributed by atoms with Crippen molar-refractivity contribution in [3.63, 3.8) is 0 Å². The number of aromatic nitrogens is 1. The Balaban J connectivity index is 1.33. The summed E-state index contributed by atoms with van der Waals surface area (Å²) >= 11 is 6.12. The number of hydrogen-bond donors (Lipinski definition) is 2. The number of aliphatic hydroxyl groups is 1. The second-order valence-electron chi connectivity index (χ2n) is 7.21. The van der Waals surface area contributed by atoms with Crippen LogP contribution in [0, 0.1) is 5.82 Å². The van der Waals surface area contributed by atoms with Crippen LogP contribution in [0.3, 0.4) is 0 Å². The second-order valence-corrected chi connectivity index (χ2v) is 7.65. The van der Waals surface area contributed by atoms with Gasteiger partial charge in [-0.15, -0.1) is 0 Å². The highest BCUT2D eigenvalue weighted by Gasteiger charge is 2.21. The minimum atomic E-state index is -0.466. The average molecular weight is 416 g/mol. The molecule has 0 aliphatic carbocycles. The fraction of sp³-hybridized carbons (Fsp3) is 0.318. The summed E-state index contributed by atoms with van der Waals surface area (Å²) in [4.78, 5) is 2.30. The fourth-order valence-corrected chi connectivity index (χ4v) is 3.84. The Kier molecular flexibility index (Phi) is 6.02. The third-order valence-electron chi connectivity index (χ3n) is 5.14. The molecule has 1 unspecified atom stereocenters. The number of benzene rings is 2. The van der Waals surface area contributed by atoms with Gasteiger partial charge in [-0.05, 0) is 61.7 Å². The molecule has 0 spiro atoms. The average Bonchev–Trinajstić information content (AvgIpc) is 3.13. The lowest BCUT2D eigenvalue weighted by atomic mass is 10.0. The van der Waals surface area contributed by atoms with E-state index in [4.69, 9.17) is 16.1 Å². The lowest BCUT2D eigenvalue weighted by Gasteiger charge is -2.25. The maximum Gasteiger partial charge on any atom is 0.170 e. The third-order valence-corrected chi connectivity index (χ3v) is 5.38. The van der Waals surface area contributed by atoms with Crippen LogP contribution < -0.4 is 10.2 Å². The lowest BCUT2D eigenvalue weighted by Crippen LogP contribution is -2.26. The van der Waals surface area contributed by atoms with Gasteiger partial charge in [-0.25, -0.2) is 4.39 Å². The largest absolute Gasteiger partial charge is 0.388 e. The molecule has 0 amide bonds. The SMILES string of the molecule is OC1CCCN(CCCNc2cc(-c3ccc(F)cc3)on2)c2ccc(Cl)cc21. The van der Waals surface area contributed by atoms with Gasteiger partial charge in [-0.2, -0.15) is 0 Å². The van der Waals surface area contributed by atoms with E-state index in [1.807, 2.05) is 24.3 Å². The third kappa shape index (κ3) is 4.71. The summed E-state index contributed by atoms with van der Waals surface area (Å²) in [5.41, 5.74) is 2.74. The summed E-state index contributed by atoms with van der Waals surface area (Å²) in [7, 11) is 0. The monoisotopic (exact) mass is 415 g/mol. The molecule has 3 aromatic rings. The maximum absolute atomic E-state index is 13.0. The van der Waals surface area contributed by atoms with Crippen LogP contribution in [-0.2, 0) is 0 Å². The summed E-state index contributed by atoms with van der Waals surface area (Å²) in [6, 6.07) is 13.7. The molecule has 0 saturated heterocycles. The first-order valence-electron chi connectivity index (χ1n) is 9.79. The zero-order valence-corrected chi connectivity index (χ0v) is 16.7. The number of fused-ring (bicyclic) bond motifs is 1. The molecule has 0 bridgehead atoms. The zero-order chi connectivity index (χ0) is 20.2. The van der Waals surface area contributed by atoms with E-state index < -0.39 is 6.10 Å². The molecule has 1 aromatic heterocycles. The fourth-order valence-electron chi connectivity index (χ4n) is 3.66. The Hall–Kier alpha value is -2.57. The van der Waals surface area contributed by atoms with E-state index in [0.29, 0.717) is 16.6 Å². The number of anilines is 2. The summed E-state index contributed by atoms with van der Waals surface area (Å²) in [6.07, 6.45) is 2.11. The number of hydrogen-bond acceptors (Lipinski definition) is 5. The van der Waals surface area contributed by atoms with Gasteiger partial charge >= 0.3 is 0 Å². The Morgan fingerprint density at radius 3 is 2.86 bits per heavy atom. The van der Waals surface area contributed by atoms with Gasteiger partial charge in [0.1, 0.15) is 5.82 Å². The number of halogens is 2. The summed E-state index contributed by atoms with van der Waals surface area (Å²) in [5.74, 6) is 0.971. The van der Waals surface area contributed by atoms with Crippen molar-refractivity contribution in [2.75, 3.05) is 29.9 Å². The van der Waals surface area contributed by atoms with Gasteiger partial charge in [0.2, 0.25) is 0 Å². The predicted molar refractivity (Wildman–Crippen MR) is 113 cm³/mol. The first-order valence-corrected chi connectivity index (χ1v) is 10.2. The van der Waals surface area contributed by atoms with Gasteiger partial charge in [-0.3, -0.25) is 0 Å². The van der Waals surface area contributed by atoms with Gasteiger partial charge in [-0.1, -0.05) is 16.8 Å². The number of nitrogens with zero attached hydrogens (tertiary/aromatic N) is 2. The molecule has 152 valence electrons. The van der Waals surface area contributed by atoms with E-state index in [0.717, 1.165) is 55.7 Å². The number of rotatable bonds is 6. The van der Waals surface area contributed by atoms with E-state index in [1.54, 1.807) is 12.1 Å². The molecular formula is C22H23ClFN3O2. The topological polar surface area (TPSA) is 61.5 Å². The summed E-state index contributed by atoms with van der Waals surface area (Å²) in [6.45, 7) is 2.50. The second kappa shape index (κ2) is 8.84. The van der Waals surface area contributed by atoms with E-state index >= 15 is 0 Å². The van der Waals surface area contributed by atoms with E-state index in [-0.39, 0.29) is 5.82 Å². The van der Waals surface area contributed by atoms with Gasteiger partial charge in [0, 0.05) is 47.5 Å². The first kappa shape index (κ1) is 19.7. The van der Waals surface area contributed by atoms with Crippen molar-refractivity contribution in [1.29, 1.82) is 0 Å². The van der Waals surface area contributed by atoms with Crippen molar-refractivity contribution in [2.24, 2.45) is 0 Å². The van der Waals surface area contributed by atoms with Crippen LogP contribution in [0.1, 0.15) is 30.9 Å². The molecule has 0 radical (unpaired) electrons. The molecule has 7 heteroatoms. The molecule has 2 heterocycles. The highest BCUT2D eigenvalue weighted by molar-refractivity contribution is 6.30. The van der Waals surface area contributed by atoms with Crippen molar-refractivity contribution >= 4 is 23.1 Å². The smallest absolute Gasteiger partial charge is 0.170 e. The molecular weight excluding hydrogens is 393 g/mol. The molecule has 5 nitrogen and oxygen atoms in total. The van der Waals surface area contributed by atoms with Crippen LogP contribution in [0.5, 0.6) is 0 Å². The maximum atomic E-state index is 13.0. The minimum absolute atomic E-state index is 0.281. The molecule has 1 aliphatic heterocycles. The summed E-state index contributed by atoms with van der Waals surface area (Å²) < 4.78 is 18.4. The summed E-state index contributed by atoms with van der Waals surface area (Å²) in [5, 5.41) is 18.3. The van der Waals surface area contributed by atoms with Gasteiger partial charge in [0.05, 0.1) is 6.10 Å². The standard InChI is InChI=1S/C22H23ClFN3O2/c23-16-6-9-19-18(13-16)20(28)3-1-11-27(19)12-2-10-25-22-14-21(29-26-22)15-4-7-17(24)8-5-15/h4-9,13-14,20,28H,1-3,10-12H2,(H,25,26). The first-order chi connectivity index (χ1) is 14.1. The van der Waals surface area contributed by atoms with Gasteiger partial charge in [0.15, 0.2) is 11.6 Å². The Morgan fingerprint density at radius 2 is 2.03 bits per heavy atom. The number of aliphatic hydroxyl groups excluding tert-OH is 1. The van der Waals surface area contributed by atoms with Crippen molar-refractivity contribution in [3.05, 3.63) is 64.9 Å². The minimum Gasteiger partial charge on any atom is -0.388 e. The van der Waals surface area contributed by atoms with E-state index in [1.165, 1.54) is 12.1 Å². The quantitative estimate of drug-likeness (QED) is 0.537. The van der Waals surface area contributed by atoms with Crippen LogP contribution in [0.15, 0.2) is 53.1 Å². The predicted octanol–water partition coefficient (Wildman–Crippen LogP) is 5.27. The van der Waals surface area contributed by atoms with Crippen LogP contribution >= 0.6 is 11.6 Å². The van der Waals surface area contributed by atoms with Crippen LogP contribution in [0.4, 0.5) is 15.9 Å². The Morgan fingerprint density at radius 1 is 1.21 bits per heavy atom. The van der Waals surface area contributed by atoms with E-state index in [9.17, 15) is 9.50 Å². The van der Waals surface area contributed by atoms with Crippen LogP contribution in [0.2, 0.25) is 5.02 Å². The molecule has 2 aromatic carbocycles. The van der Waals surface area contributed by atoms with Crippen molar-refractivity contribution in [3.8, 4) is 11.3 Å². The number of nitrogens with one attached hydrogen (secondary N) is 1. The van der Waals surface area contributed by atoms with Crippen molar-refractivity contribution in [1.82, 2.24) is 5.16 Å². The van der Waals surface area contributed by atoms with Gasteiger partial charge in [0.25, 0.3) is 0 Å². The molecule has 0 fully saturated rings. The highest BCUT2D eigenvalue weighted by atomic mass is 35.5. The molecule has 2 N–H and O–H groups in total. The molecule has 1 atom stereocenters. The Labute approximate surface area is 174 Å². The lowest BCUT2D eigenvalue weighted by molar-refractivity contribution is 0.168. The van der Waals surface area contributed by atoms with Crippen molar-refractivity contribution in [2.45, 2.75) is 25.4 Å².